The van der Waals surface area contributed by atoms with Gasteiger partial charge in [-0.3, -0.25) is 29.0 Å². The molecule has 26 unspecified atom stereocenters. The van der Waals surface area contributed by atoms with Crippen LogP contribution < -0.4 is 0 Å². The van der Waals surface area contributed by atoms with E-state index in [4.69, 9.17) is 11.6 Å². The summed E-state index contributed by atoms with van der Waals surface area (Å²) in [6.45, 7) is 0.866. The van der Waals surface area contributed by atoms with Crippen molar-refractivity contribution >= 4 is 35.2 Å². The summed E-state index contributed by atoms with van der Waals surface area (Å²) in [6.07, 6.45) is -76.2. The molecule has 27 heteroatoms. The van der Waals surface area contributed by atoms with E-state index in [1.807, 2.05) is 0 Å². The second-order valence-corrected chi connectivity index (χ2v) is 17.4. The van der Waals surface area contributed by atoms with Crippen LogP contribution in [0, 0.1) is 29.6 Å². The van der Waals surface area contributed by atoms with Gasteiger partial charge in [-0.15, -0.1) is 11.6 Å². The van der Waals surface area contributed by atoms with Gasteiger partial charge in [0.1, 0.15) is 85.9 Å². The standard InChI is InChI=1S/C36H36ClF17N2O7/c1-3-9(38)8(37)15(44)26(10(3)39)56-35(59)5-7(36(56)60)14(43)28(17(46)12(5)41)62-30-20(49)24(53)32(25(54)21(30)50)63-31-22(51)18(47)29(19(48)23(31)52)61-27-13(42)6-4(11(40)16(27)45)33(57)55(2)34(6)58/h3-32H,1-2H3. The van der Waals surface area contributed by atoms with Crippen LogP contribution in [0.3, 0.4) is 0 Å². The van der Waals surface area contributed by atoms with Crippen molar-refractivity contribution in [3.8, 4) is 0 Å². The fourth-order valence-electron chi connectivity index (χ4n) is 9.95. The van der Waals surface area contributed by atoms with Gasteiger partial charge >= 0.3 is 0 Å². The molecule has 2 aliphatic heterocycles. The fraction of sp³-hybridized carbons (Fsp3) is 0.889. The Morgan fingerprint density at radius 3 is 0.952 bits per heavy atom. The Morgan fingerprint density at radius 1 is 0.365 bits per heavy atom. The maximum absolute atomic E-state index is 16.0. The van der Waals surface area contributed by atoms with Crippen LogP contribution in [0.4, 0.5) is 74.6 Å². The predicted octanol–water partition coefficient (Wildman–Crippen LogP) is 4.51. The zero-order chi connectivity index (χ0) is 46.9. The van der Waals surface area contributed by atoms with Gasteiger partial charge in [0.2, 0.25) is 23.6 Å². The molecule has 7 fully saturated rings. The molecule has 5 aliphatic carbocycles. The van der Waals surface area contributed by atoms with Crippen LogP contribution in [0.1, 0.15) is 6.92 Å². The number of ether oxygens (including phenoxy) is 3. The lowest BCUT2D eigenvalue weighted by molar-refractivity contribution is -0.259. The number of hydrogen-bond acceptors (Lipinski definition) is 7. The van der Waals surface area contributed by atoms with Crippen LogP contribution in [0.25, 0.3) is 0 Å². The van der Waals surface area contributed by atoms with E-state index < -0.39 is 206 Å². The molecule has 2 saturated heterocycles. The fourth-order valence-corrected chi connectivity index (χ4v) is 10.3. The molecule has 4 amide bonds. The Balaban J connectivity index is 1.03. The van der Waals surface area contributed by atoms with Gasteiger partial charge in [-0.25, -0.2) is 74.6 Å². The summed E-state index contributed by atoms with van der Waals surface area (Å²) in [7, 11) is 0.791. The summed E-state index contributed by atoms with van der Waals surface area (Å²) < 4.78 is 274. The van der Waals surface area contributed by atoms with Crippen LogP contribution >= 0.6 is 11.6 Å². The highest BCUT2D eigenvalue weighted by atomic mass is 35.5. The summed E-state index contributed by atoms with van der Waals surface area (Å²) in [5, 5.41) is -2.19. The minimum Gasteiger partial charge on any atom is -0.362 e. The lowest BCUT2D eigenvalue weighted by atomic mass is 9.75. The maximum Gasteiger partial charge on any atom is 0.236 e. The molecule has 0 aromatic heterocycles. The topological polar surface area (TPSA) is 102 Å². The maximum atomic E-state index is 16.0. The number of carbonyl (C=O) groups is 4. The summed E-state index contributed by atoms with van der Waals surface area (Å²) in [6, 6.07) is -2.58. The molecule has 0 aromatic carbocycles. The molecule has 7 rings (SSSR count). The highest BCUT2D eigenvalue weighted by Crippen LogP contribution is 2.50. The average Bonchev–Trinajstić information content (AvgIpc) is 3.64. The van der Waals surface area contributed by atoms with Gasteiger partial charge in [-0.1, -0.05) is 6.92 Å². The van der Waals surface area contributed by atoms with E-state index in [-0.39, 0.29) is 9.80 Å². The largest absolute Gasteiger partial charge is 0.362 e. The number of halogens is 18. The van der Waals surface area contributed by atoms with Crippen molar-refractivity contribution in [3.05, 3.63) is 0 Å². The molecule has 0 radical (unpaired) electrons. The number of imide groups is 2. The molecule has 26 atom stereocenters. The molecule has 7 aliphatic rings. The number of fused-ring (bicyclic) bond motifs is 2. The van der Waals surface area contributed by atoms with Gasteiger partial charge in [-0.05, 0) is 0 Å². The Labute approximate surface area is 349 Å². The number of carbonyl (C=O) groups excluding carboxylic acids is 4. The first kappa shape index (κ1) is 48.2. The number of amides is 4. The number of likely N-dealkylation sites (tertiary alicyclic amines) is 2. The molecular formula is C36H36ClF17N2O7. The Kier molecular flexibility index (Phi) is 13.1. The van der Waals surface area contributed by atoms with Gasteiger partial charge in [0.05, 0.1) is 29.0 Å². The molecule has 0 aromatic rings. The van der Waals surface area contributed by atoms with E-state index in [0.717, 1.165) is 14.0 Å². The van der Waals surface area contributed by atoms with Gasteiger partial charge in [0, 0.05) is 13.0 Å². The molecule has 0 spiro atoms. The zero-order valence-corrected chi connectivity index (χ0v) is 32.6. The van der Waals surface area contributed by atoms with Gasteiger partial charge in [-0.2, -0.15) is 0 Å². The third-order valence-electron chi connectivity index (χ3n) is 13.5. The number of nitrogens with zero attached hydrogens (tertiary/aromatic N) is 2. The molecule has 63 heavy (non-hydrogen) atoms. The quantitative estimate of drug-likeness (QED) is 0.211. The van der Waals surface area contributed by atoms with Crippen molar-refractivity contribution < 1.29 is 108 Å². The van der Waals surface area contributed by atoms with Gasteiger partial charge < -0.3 is 14.2 Å². The van der Waals surface area contributed by atoms with E-state index in [9.17, 15) is 28.0 Å². The van der Waals surface area contributed by atoms with Gasteiger partial charge in [0.15, 0.2) is 61.7 Å². The Bertz CT molecular complexity index is 1740. The highest BCUT2D eigenvalue weighted by molar-refractivity contribution is 6.21. The van der Waals surface area contributed by atoms with Crippen LogP contribution in [0.15, 0.2) is 0 Å². The third-order valence-corrected chi connectivity index (χ3v) is 14.0. The van der Waals surface area contributed by atoms with Crippen molar-refractivity contribution in [1.82, 2.24) is 9.80 Å². The minimum atomic E-state index is -3.71. The SMILES string of the molecule is CC1C(F)C(Cl)C(F)C(N2C(=O)C3C(F)C(F)C(OC4C(F)C(F)C(OC5C(F)C(F)C(OC6C(F)C(F)C7C(=O)N(C)C(=O)C7C6F)C(F)C5F)C(F)C4F)C(F)C3C2=O)C1F. The Hall–Kier alpha value is -2.74. The van der Waals surface area contributed by atoms with Crippen molar-refractivity contribution in [2.24, 2.45) is 29.6 Å². The first-order valence-electron chi connectivity index (χ1n) is 19.5. The highest BCUT2D eigenvalue weighted by Gasteiger charge is 2.70. The number of rotatable bonds is 7. The first-order chi connectivity index (χ1) is 29.3. The lowest BCUT2D eigenvalue weighted by Crippen LogP contribution is -2.67. The average molecular weight is 967 g/mol. The van der Waals surface area contributed by atoms with Crippen molar-refractivity contribution in [1.29, 1.82) is 0 Å². The molecule has 358 valence electrons. The second-order valence-electron chi connectivity index (χ2n) is 16.9. The molecule has 9 nitrogen and oxygen atoms in total. The van der Waals surface area contributed by atoms with Crippen LogP contribution in [-0.4, -0.2) is 193 Å². The summed E-state index contributed by atoms with van der Waals surface area (Å²) in [5.74, 6) is -18.3. The van der Waals surface area contributed by atoms with E-state index in [2.05, 4.69) is 14.2 Å². The molecule has 2 heterocycles. The van der Waals surface area contributed by atoms with Crippen molar-refractivity contribution in [2.75, 3.05) is 7.05 Å². The van der Waals surface area contributed by atoms with E-state index in [1.165, 1.54) is 0 Å². The minimum absolute atomic E-state index is 0.249. The molecule has 0 N–H and O–H groups in total. The molecule has 0 bridgehead atoms. The van der Waals surface area contributed by atoms with Crippen molar-refractivity contribution in [2.45, 2.75) is 160 Å². The van der Waals surface area contributed by atoms with Crippen LogP contribution in [0.2, 0.25) is 0 Å². The zero-order valence-electron chi connectivity index (χ0n) is 31.9. The third kappa shape index (κ3) is 7.11. The monoisotopic (exact) mass is 966 g/mol. The van der Waals surface area contributed by atoms with Crippen LogP contribution in [0.5, 0.6) is 0 Å². The molecular weight excluding hydrogens is 931 g/mol. The smallest absolute Gasteiger partial charge is 0.236 e. The van der Waals surface area contributed by atoms with Crippen molar-refractivity contribution in [3.63, 3.8) is 0 Å². The van der Waals surface area contributed by atoms with Crippen LogP contribution in [-0.2, 0) is 33.4 Å². The molecule has 5 saturated carbocycles. The number of hydrogen-bond donors (Lipinski definition) is 0. The van der Waals surface area contributed by atoms with Gasteiger partial charge in [0.25, 0.3) is 0 Å². The Morgan fingerprint density at radius 2 is 0.619 bits per heavy atom. The predicted molar refractivity (Wildman–Crippen MR) is 175 cm³/mol. The van der Waals surface area contributed by atoms with E-state index in [0.29, 0.717) is 0 Å². The summed E-state index contributed by atoms with van der Waals surface area (Å²) >= 11 is 5.67. The summed E-state index contributed by atoms with van der Waals surface area (Å²) in [4.78, 5) is 50.9. The second kappa shape index (κ2) is 17.2. The number of alkyl halides is 18. The van der Waals surface area contributed by atoms with E-state index >= 15 is 65.9 Å². The summed E-state index contributed by atoms with van der Waals surface area (Å²) in [5.41, 5.74) is 0. The van der Waals surface area contributed by atoms with E-state index in [1.54, 1.807) is 0 Å². The normalized spacial score (nSPS) is 56.5. The first-order valence-corrected chi connectivity index (χ1v) is 19.9. The lowest BCUT2D eigenvalue weighted by Gasteiger charge is -2.46.